The van der Waals surface area contributed by atoms with Gasteiger partial charge in [0.1, 0.15) is 19.3 Å². The van der Waals surface area contributed by atoms with Crippen LogP contribution in [0.1, 0.15) is 370 Å². The predicted octanol–water partition coefficient (Wildman–Crippen LogP) is 21.3. The largest absolute Gasteiger partial charge is 0.472 e. The van der Waals surface area contributed by atoms with Crippen molar-refractivity contribution in [2.75, 3.05) is 39.6 Å². The van der Waals surface area contributed by atoms with Crippen molar-refractivity contribution in [1.29, 1.82) is 0 Å². The van der Waals surface area contributed by atoms with Crippen molar-refractivity contribution >= 4 is 39.5 Å². The van der Waals surface area contributed by atoms with Crippen LogP contribution < -0.4 is 0 Å². The highest BCUT2D eigenvalue weighted by atomic mass is 31.2. The zero-order chi connectivity index (χ0) is 68.9. The third-order valence-corrected chi connectivity index (χ3v) is 19.3. The molecule has 0 aromatic rings. The smallest absolute Gasteiger partial charge is 0.462 e. The molecule has 3 N–H and O–H groups in total. The number of rotatable bonds is 71. The Bertz CT molecular complexity index is 1840. The minimum atomic E-state index is -4.96. The Kier molecular flexibility index (Phi) is 62.2. The van der Waals surface area contributed by atoms with Gasteiger partial charge in [-0.3, -0.25) is 37.3 Å². The first kappa shape index (κ1) is 91.1. The zero-order valence-electron chi connectivity index (χ0n) is 60.9. The zero-order valence-corrected chi connectivity index (χ0v) is 62.7. The van der Waals surface area contributed by atoms with E-state index in [-0.39, 0.29) is 25.7 Å². The molecule has 6 atom stereocenters. The van der Waals surface area contributed by atoms with Crippen LogP contribution >= 0.6 is 15.6 Å². The summed E-state index contributed by atoms with van der Waals surface area (Å²) in [7, 11) is -9.91. The van der Waals surface area contributed by atoms with Gasteiger partial charge in [-0.2, -0.15) is 0 Å². The molecule has 0 bridgehead atoms. The number of carbonyl (C=O) groups excluding carboxylic acids is 4. The molecule has 93 heavy (non-hydrogen) atoms. The SMILES string of the molecule is CCC(C)CCCCCCCCC(=O)OC[C@H](COP(=O)(O)OC[C@H](O)COP(=O)(O)OC[C@@H](COC(=O)CCCCCCCCCCCCCCCCCCC(C)C)OC(=O)CCCCCCCCCCCCC(C)C)OC(=O)CCCCCCCCCCC(C)C. The van der Waals surface area contributed by atoms with E-state index in [1.54, 1.807) is 0 Å². The fraction of sp³-hybridized carbons (Fsp3) is 0.946. The molecule has 0 aliphatic rings. The number of aliphatic hydroxyl groups is 1. The van der Waals surface area contributed by atoms with Crippen LogP contribution in [0.3, 0.4) is 0 Å². The molecule has 0 fully saturated rings. The monoisotopic (exact) mass is 1370 g/mol. The maximum Gasteiger partial charge on any atom is 0.472 e. The van der Waals surface area contributed by atoms with E-state index in [0.29, 0.717) is 25.7 Å². The maximum atomic E-state index is 13.1. The summed E-state index contributed by atoms with van der Waals surface area (Å²) in [6.45, 7) is 14.1. The summed E-state index contributed by atoms with van der Waals surface area (Å²) in [5, 5.41) is 10.6. The van der Waals surface area contributed by atoms with Gasteiger partial charge in [0.25, 0.3) is 0 Å². The van der Waals surface area contributed by atoms with Gasteiger partial charge in [-0.15, -0.1) is 0 Å². The highest BCUT2D eigenvalue weighted by molar-refractivity contribution is 7.47. The van der Waals surface area contributed by atoms with E-state index < -0.39 is 97.5 Å². The second kappa shape index (κ2) is 63.5. The van der Waals surface area contributed by atoms with Gasteiger partial charge in [0, 0.05) is 25.7 Å². The minimum absolute atomic E-state index is 0.103. The predicted molar refractivity (Wildman–Crippen MR) is 377 cm³/mol. The van der Waals surface area contributed by atoms with E-state index in [4.69, 9.17) is 37.0 Å². The fourth-order valence-corrected chi connectivity index (χ4v) is 12.7. The number of ether oxygens (including phenoxy) is 4. The molecular weight excluding hydrogens is 1220 g/mol. The van der Waals surface area contributed by atoms with Crippen LogP contribution in [-0.2, 0) is 65.4 Å². The van der Waals surface area contributed by atoms with E-state index in [9.17, 15) is 43.2 Å². The average Bonchev–Trinajstić information content (AvgIpc) is 1.84. The summed E-state index contributed by atoms with van der Waals surface area (Å²) in [5.41, 5.74) is 0. The number of phosphoric acid groups is 2. The summed E-state index contributed by atoms with van der Waals surface area (Å²) in [6.07, 6.45) is 47.3. The van der Waals surface area contributed by atoms with E-state index in [1.807, 2.05) is 0 Å². The van der Waals surface area contributed by atoms with Crippen molar-refractivity contribution in [1.82, 2.24) is 0 Å². The molecule has 3 unspecified atom stereocenters. The second-order valence-electron chi connectivity index (χ2n) is 28.4. The third-order valence-electron chi connectivity index (χ3n) is 17.4. The van der Waals surface area contributed by atoms with Crippen LogP contribution in [0, 0.1) is 23.7 Å². The molecule has 0 spiro atoms. The lowest BCUT2D eigenvalue weighted by molar-refractivity contribution is -0.161. The molecule has 0 rings (SSSR count). The van der Waals surface area contributed by atoms with Crippen molar-refractivity contribution in [3.63, 3.8) is 0 Å². The summed E-state index contributed by atoms with van der Waals surface area (Å²) in [5.74, 6) is 0.887. The maximum absolute atomic E-state index is 13.1. The van der Waals surface area contributed by atoms with Gasteiger partial charge < -0.3 is 33.8 Å². The topological polar surface area (TPSA) is 237 Å². The first-order valence-corrected chi connectivity index (χ1v) is 41.2. The Balaban J connectivity index is 5.21. The lowest BCUT2D eigenvalue weighted by atomic mass is 10.00. The number of phosphoric ester groups is 2. The van der Waals surface area contributed by atoms with Crippen molar-refractivity contribution in [2.24, 2.45) is 23.7 Å². The normalized spacial score (nSPS) is 14.5. The first-order valence-electron chi connectivity index (χ1n) is 38.2. The number of hydrogen-bond acceptors (Lipinski definition) is 15. The Hall–Kier alpha value is -1.94. The van der Waals surface area contributed by atoms with Gasteiger partial charge in [-0.05, 0) is 49.4 Å². The van der Waals surface area contributed by atoms with Crippen molar-refractivity contribution < 1.29 is 80.2 Å². The molecule has 0 saturated heterocycles. The fourth-order valence-electron chi connectivity index (χ4n) is 11.2. The molecule has 19 heteroatoms. The van der Waals surface area contributed by atoms with Crippen LogP contribution in [-0.4, -0.2) is 96.7 Å². The van der Waals surface area contributed by atoms with E-state index in [2.05, 4.69) is 55.4 Å². The van der Waals surface area contributed by atoms with Crippen LogP contribution in [0.4, 0.5) is 0 Å². The van der Waals surface area contributed by atoms with Gasteiger partial charge in [0.2, 0.25) is 0 Å². The Labute approximate surface area is 568 Å². The van der Waals surface area contributed by atoms with Gasteiger partial charge in [-0.25, -0.2) is 9.13 Å². The number of esters is 4. The molecule has 552 valence electrons. The van der Waals surface area contributed by atoms with Crippen molar-refractivity contribution in [2.45, 2.75) is 388 Å². The first-order chi connectivity index (χ1) is 44.6. The number of unbranched alkanes of at least 4 members (excludes halogenated alkanes) is 36. The molecule has 0 aromatic carbocycles. The molecule has 0 aliphatic heterocycles. The molecule has 0 radical (unpaired) electrons. The number of aliphatic hydroxyl groups excluding tert-OH is 1. The average molecular weight is 1370 g/mol. The number of hydrogen-bond donors (Lipinski definition) is 3. The van der Waals surface area contributed by atoms with Crippen molar-refractivity contribution in [3.05, 3.63) is 0 Å². The Morgan fingerprint density at radius 2 is 0.516 bits per heavy atom. The molecule has 0 amide bonds. The molecule has 0 heterocycles. The summed E-state index contributed by atoms with van der Waals surface area (Å²) >= 11 is 0. The van der Waals surface area contributed by atoms with Crippen LogP contribution in [0.15, 0.2) is 0 Å². The lowest BCUT2D eigenvalue weighted by Gasteiger charge is -2.21. The second-order valence-corrected chi connectivity index (χ2v) is 31.3. The van der Waals surface area contributed by atoms with Gasteiger partial charge >= 0.3 is 39.5 Å². The molecule has 0 aromatic heterocycles. The van der Waals surface area contributed by atoms with Crippen LogP contribution in [0.5, 0.6) is 0 Å². The van der Waals surface area contributed by atoms with Gasteiger partial charge in [-0.1, -0.05) is 319 Å². The molecule has 17 nitrogen and oxygen atoms in total. The summed E-state index contributed by atoms with van der Waals surface area (Å²) in [4.78, 5) is 72.7. The summed E-state index contributed by atoms with van der Waals surface area (Å²) in [6, 6.07) is 0. The molecule has 0 saturated carbocycles. The Morgan fingerprint density at radius 1 is 0.301 bits per heavy atom. The number of carbonyl (C=O) groups is 4. The Morgan fingerprint density at radius 3 is 0.763 bits per heavy atom. The van der Waals surface area contributed by atoms with Gasteiger partial charge in [0.05, 0.1) is 26.4 Å². The van der Waals surface area contributed by atoms with E-state index in [1.165, 1.54) is 167 Å². The van der Waals surface area contributed by atoms with Crippen LogP contribution in [0.2, 0.25) is 0 Å². The van der Waals surface area contributed by atoms with Crippen LogP contribution in [0.25, 0.3) is 0 Å². The highest BCUT2D eigenvalue weighted by Crippen LogP contribution is 2.45. The standard InChI is InChI=1S/C74H144O17P2/c1-9-67(8)53-45-37-32-33-39-47-55-72(77)85-61-70(91-74(79)57-49-41-31-25-24-28-36-44-52-66(6)7)63-89-93(82,83)87-59-68(75)58-86-92(80,81)88-62-69(90-73(78)56-48-40-30-23-19-18-21-27-35-43-51-65(4)5)60-84-71(76)54-46-38-29-22-17-15-13-11-10-12-14-16-20-26-34-42-50-64(2)3/h64-70,75H,9-63H2,1-8H3,(H,80,81)(H,82,83)/t67?,68-,69-,70-/m1/s1. The molecule has 0 aliphatic carbocycles. The van der Waals surface area contributed by atoms with Crippen molar-refractivity contribution in [3.8, 4) is 0 Å². The quantitative estimate of drug-likeness (QED) is 0.0222. The highest BCUT2D eigenvalue weighted by Gasteiger charge is 2.30. The van der Waals surface area contributed by atoms with E-state index in [0.717, 1.165) is 120 Å². The lowest BCUT2D eigenvalue weighted by Crippen LogP contribution is -2.30. The minimum Gasteiger partial charge on any atom is -0.462 e. The third kappa shape index (κ3) is 67.0. The van der Waals surface area contributed by atoms with E-state index >= 15 is 0 Å². The summed E-state index contributed by atoms with van der Waals surface area (Å²) < 4.78 is 68.4. The van der Waals surface area contributed by atoms with Gasteiger partial charge in [0.15, 0.2) is 12.2 Å². The molecular formula is C74H144O17P2.